The quantitative estimate of drug-likeness (QED) is 0.788. The number of carbonyl (C=O) groups is 1. The third-order valence-corrected chi connectivity index (χ3v) is 5.63. The van der Waals surface area contributed by atoms with E-state index in [1.54, 1.807) is 18.2 Å². The molecular formula is C15H12Cl2O3S. The molecule has 2 aromatic rings. The van der Waals surface area contributed by atoms with Crippen molar-refractivity contribution in [2.24, 2.45) is 0 Å². The maximum Gasteiger partial charge on any atom is 0.188 e. The molecular weight excluding hydrogens is 331 g/mol. The zero-order valence-electron chi connectivity index (χ0n) is 11.1. The van der Waals surface area contributed by atoms with Crippen molar-refractivity contribution in [3.8, 4) is 0 Å². The first-order valence-electron chi connectivity index (χ1n) is 6.11. The van der Waals surface area contributed by atoms with Gasteiger partial charge in [-0.3, -0.25) is 4.79 Å². The molecule has 3 nitrogen and oxygen atoms in total. The fourth-order valence-corrected chi connectivity index (χ4v) is 3.60. The Kier molecular flexibility index (Phi) is 4.71. The first-order valence-corrected chi connectivity index (χ1v) is 8.42. The number of hydrogen-bond donors (Lipinski definition) is 0. The van der Waals surface area contributed by atoms with Crippen molar-refractivity contribution in [3.63, 3.8) is 0 Å². The van der Waals surface area contributed by atoms with Crippen LogP contribution >= 0.6 is 23.2 Å². The first kappa shape index (κ1) is 16.0. The second-order valence-corrected chi connectivity index (χ2v) is 7.66. The van der Waals surface area contributed by atoms with Crippen LogP contribution in [0, 0.1) is 0 Å². The predicted molar refractivity (Wildman–Crippen MR) is 83.9 cm³/mol. The number of benzene rings is 2. The Hall–Kier alpha value is -1.36. The lowest BCUT2D eigenvalue weighted by molar-refractivity contribution is 0.0991. The van der Waals surface area contributed by atoms with Crippen LogP contribution in [0.4, 0.5) is 0 Å². The van der Waals surface area contributed by atoms with Gasteiger partial charge >= 0.3 is 0 Å². The molecule has 0 aliphatic heterocycles. The van der Waals surface area contributed by atoms with Crippen LogP contribution in [0.1, 0.15) is 17.3 Å². The van der Waals surface area contributed by atoms with Crippen molar-refractivity contribution in [2.45, 2.75) is 17.1 Å². The molecule has 0 bridgehead atoms. The SMILES string of the molecule is CC(C(=O)c1ccc(Cl)cc1)S(=O)(=O)c1cccc(Cl)c1. The Morgan fingerprint density at radius 1 is 1.00 bits per heavy atom. The highest BCUT2D eigenvalue weighted by atomic mass is 35.5. The first-order chi connectivity index (χ1) is 9.82. The zero-order valence-corrected chi connectivity index (χ0v) is 13.4. The molecule has 0 aliphatic carbocycles. The fraction of sp³-hybridized carbons (Fsp3) is 0.133. The highest BCUT2D eigenvalue weighted by Gasteiger charge is 2.30. The van der Waals surface area contributed by atoms with Crippen molar-refractivity contribution in [1.29, 1.82) is 0 Å². The van der Waals surface area contributed by atoms with E-state index >= 15 is 0 Å². The molecule has 0 amide bonds. The third kappa shape index (κ3) is 3.46. The second-order valence-electron chi connectivity index (χ2n) is 4.52. The van der Waals surface area contributed by atoms with Gasteiger partial charge in [-0.05, 0) is 49.4 Å². The number of ketones is 1. The molecule has 2 rings (SSSR count). The van der Waals surface area contributed by atoms with Crippen LogP contribution in [-0.4, -0.2) is 19.5 Å². The van der Waals surface area contributed by atoms with Crippen LogP contribution in [0.2, 0.25) is 10.0 Å². The number of hydrogen-bond acceptors (Lipinski definition) is 3. The summed E-state index contributed by atoms with van der Waals surface area (Å²) < 4.78 is 24.9. The van der Waals surface area contributed by atoms with Crippen LogP contribution in [0.5, 0.6) is 0 Å². The van der Waals surface area contributed by atoms with Crippen LogP contribution in [0.15, 0.2) is 53.4 Å². The normalized spacial score (nSPS) is 12.9. The van der Waals surface area contributed by atoms with Crippen molar-refractivity contribution >= 4 is 38.8 Å². The molecule has 6 heteroatoms. The Balaban J connectivity index is 2.36. The summed E-state index contributed by atoms with van der Waals surface area (Å²) in [5.41, 5.74) is 0.303. The van der Waals surface area contributed by atoms with Crippen molar-refractivity contribution < 1.29 is 13.2 Å². The molecule has 1 atom stereocenters. The highest BCUT2D eigenvalue weighted by Crippen LogP contribution is 2.22. The van der Waals surface area contributed by atoms with Crippen molar-refractivity contribution in [1.82, 2.24) is 0 Å². The predicted octanol–water partition coefficient (Wildman–Crippen LogP) is 4.04. The van der Waals surface area contributed by atoms with Gasteiger partial charge in [0.2, 0.25) is 0 Å². The Morgan fingerprint density at radius 3 is 2.19 bits per heavy atom. The summed E-state index contributed by atoms with van der Waals surface area (Å²) in [7, 11) is -3.79. The summed E-state index contributed by atoms with van der Waals surface area (Å²) in [5.74, 6) is -0.480. The molecule has 0 aromatic heterocycles. The molecule has 0 saturated carbocycles. The van der Waals surface area contributed by atoms with Gasteiger partial charge in [-0.2, -0.15) is 0 Å². The van der Waals surface area contributed by atoms with E-state index in [4.69, 9.17) is 23.2 Å². The monoisotopic (exact) mass is 342 g/mol. The minimum Gasteiger partial charge on any atom is -0.293 e. The van der Waals surface area contributed by atoms with Crippen LogP contribution in [0.3, 0.4) is 0 Å². The molecule has 0 N–H and O–H groups in total. The van der Waals surface area contributed by atoms with E-state index < -0.39 is 20.9 Å². The van der Waals surface area contributed by atoms with Gasteiger partial charge in [0.25, 0.3) is 0 Å². The van der Waals surface area contributed by atoms with E-state index in [0.717, 1.165) is 0 Å². The number of carbonyl (C=O) groups excluding carboxylic acids is 1. The topological polar surface area (TPSA) is 51.2 Å². The molecule has 0 fully saturated rings. The second kappa shape index (κ2) is 6.18. The maximum atomic E-state index is 12.5. The Morgan fingerprint density at radius 2 is 1.62 bits per heavy atom. The van der Waals surface area contributed by atoms with Gasteiger partial charge in [0.05, 0.1) is 4.90 Å². The fourth-order valence-electron chi connectivity index (χ4n) is 1.84. The summed E-state index contributed by atoms with van der Waals surface area (Å²) in [6, 6.07) is 12.0. The molecule has 0 aliphatic rings. The van der Waals surface area contributed by atoms with Gasteiger partial charge in [0.15, 0.2) is 15.6 Å². The van der Waals surface area contributed by atoms with Gasteiger partial charge in [-0.15, -0.1) is 0 Å². The molecule has 0 heterocycles. The summed E-state index contributed by atoms with van der Waals surface area (Å²) in [5, 5.41) is -0.406. The average molecular weight is 343 g/mol. The average Bonchev–Trinajstić information content (AvgIpc) is 2.46. The van der Waals surface area contributed by atoms with Gasteiger partial charge in [-0.25, -0.2) is 8.42 Å². The summed E-state index contributed by atoms with van der Waals surface area (Å²) in [6.07, 6.45) is 0. The standard InChI is InChI=1S/C15H12Cl2O3S/c1-10(15(18)11-5-7-12(16)8-6-11)21(19,20)14-4-2-3-13(17)9-14/h2-10H,1H3. The number of Topliss-reactive ketones (excluding diaryl/α,β-unsaturated/α-hetero) is 1. The Labute approximate surface area is 133 Å². The lowest BCUT2D eigenvalue weighted by Crippen LogP contribution is -2.27. The molecule has 0 spiro atoms. The maximum absolute atomic E-state index is 12.5. The van der Waals surface area contributed by atoms with Crippen LogP contribution in [-0.2, 0) is 9.84 Å². The molecule has 0 radical (unpaired) electrons. The van der Waals surface area contributed by atoms with E-state index in [0.29, 0.717) is 15.6 Å². The van der Waals surface area contributed by atoms with Crippen molar-refractivity contribution in [3.05, 3.63) is 64.1 Å². The largest absolute Gasteiger partial charge is 0.293 e. The number of rotatable bonds is 4. The van der Waals surface area contributed by atoms with E-state index in [-0.39, 0.29) is 4.90 Å². The molecule has 1 unspecified atom stereocenters. The van der Waals surface area contributed by atoms with E-state index in [1.807, 2.05) is 0 Å². The lowest BCUT2D eigenvalue weighted by atomic mass is 10.1. The zero-order chi connectivity index (χ0) is 15.6. The molecule has 21 heavy (non-hydrogen) atoms. The van der Waals surface area contributed by atoms with Gasteiger partial charge in [0.1, 0.15) is 5.25 Å². The van der Waals surface area contributed by atoms with Gasteiger partial charge in [0, 0.05) is 15.6 Å². The molecule has 110 valence electrons. The van der Waals surface area contributed by atoms with E-state index in [2.05, 4.69) is 0 Å². The summed E-state index contributed by atoms with van der Waals surface area (Å²) in [4.78, 5) is 12.3. The summed E-state index contributed by atoms with van der Waals surface area (Å²) >= 11 is 11.6. The van der Waals surface area contributed by atoms with Crippen LogP contribution < -0.4 is 0 Å². The van der Waals surface area contributed by atoms with Gasteiger partial charge < -0.3 is 0 Å². The molecule has 2 aromatic carbocycles. The number of halogens is 2. The highest BCUT2D eigenvalue weighted by molar-refractivity contribution is 7.92. The van der Waals surface area contributed by atoms with E-state index in [1.165, 1.54) is 37.3 Å². The number of sulfone groups is 1. The van der Waals surface area contributed by atoms with Crippen molar-refractivity contribution in [2.75, 3.05) is 0 Å². The minimum absolute atomic E-state index is 0.0322. The van der Waals surface area contributed by atoms with Gasteiger partial charge in [-0.1, -0.05) is 29.3 Å². The van der Waals surface area contributed by atoms with E-state index in [9.17, 15) is 13.2 Å². The lowest BCUT2D eigenvalue weighted by Gasteiger charge is -2.12. The smallest absolute Gasteiger partial charge is 0.188 e. The van der Waals surface area contributed by atoms with Crippen LogP contribution in [0.25, 0.3) is 0 Å². The minimum atomic E-state index is -3.79. The Bertz CT molecular complexity index is 768. The molecule has 0 saturated heterocycles. The third-order valence-electron chi connectivity index (χ3n) is 3.09. The summed E-state index contributed by atoms with van der Waals surface area (Å²) in [6.45, 7) is 1.37.